The number of carbonyl (C=O) groups excluding carboxylic acids is 3. The molecule has 0 radical (unpaired) electrons. The second-order valence-electron chi connectivity index (χ2n) is 5.33. The van der Waals surface area contributed by atoms with Crippen molar-refractivity contribution in [3.05, 3.63) is 35.7 Å². The van der Waals surface area contributed by atoms with Crippen LogP contribution in [0.4, 0.5) is 4.79 Å². The van der Waals surface area contributed by atoms with Gasteiger partial charge in [0.2, 0.25) is 17.6 Å². The number of nitrogens with one attached hydrogen (secondary N) is 3. The van der Waals surface area contributed by atoms with Crippen molar-refractivity contribution in [3.63, 3.8) is 0 Å². The molecule has 9 nitrogen and oxygen atoms in total. The van der Waals surface area contributed by atoms with Crippen molar-refractivity contribution < 1.29 is 18.9 Å². The molecule has 0 spiro atoms. The Balaban J connectivity index is 1.52. The van der Waals surface area contributed by atoms with Crippen LogP contribution in [-0.4, -0.2) is 34.0 Å². The Hall–Kier alpha value is -3.23. The first-order chi connectivity index (χ1) is 11.5. The summed E-state index contributed by atoms with van der Waals surface area (Å²) in [6, 6.07) is 5.94. The molecule has 4 amide bonds. The lowest BCUT2D eigenvalue weighted by Crippen LogP contribution is -2.36. The molecule has 0 aliphatic carbocycles. The molecule has 0 unspecified atom stereocenters. The molecule has 124 valence electrons. The monoisotopic (exact) mass is 329 g/mol. The van der Waals surface area contributed by atoms with E-state index in [1.165, 1.54) is 0 Å². The lowest BCUT2D eigenvalue weighted by molar-refractivity contribution is -0.126. The number of imide groups is 1. The summed E-state index contributed by atoms with van der Waals surface area (Å²) in [7, 11) is 0. The summed E-state index contributed by atoms with van der Waals surface area (Å²) in [6.07, 6.45) is -0.0994. The number of amides is 4. The molecule has 2 heterocycles. The van der Waals surface area contributed by atoms with Gasteiger partial charge in [-0.3, -0.25) is 14.9 Å². The van der Waals surface area contributed by atoms with E-state index in [0.717, 1.165) is 11.1 Å². The van der Waals surface area contributed by atoms with Gasteiger partial charge >= 0.3 is 6.03 Å². The topological polar surface area (TPSA) is 126 Å². The summed E-state index contributed by atoms with van der Waals surface area (Å²) < 4.78 is 4.93. The average Bonchev–Trinajstić information content (AvgIpc) is 3.11. The van der Waals surface area contributed by atoms with Gasteiger partial charge in [0.15, 0.2) is 0 Å². The molecule has 9 heteroatoms. The fraction of sp³-hybridized carbons (Fsp3) is 0.267. The van der Waals surface area contributed by atoms with Gasteiger partial charge in [0.05, 0.1) is 6.42 Å². The van der Waals surface area contributed by atoms with Crippen LogP contribution in [0.1, 0.15) is 17.9 Å². The molecule has 0 bridgehead atoms. The number of hydrogen-bond acceptors (Lipinski definition) is 6. The molecular weight excluding hydrogens is 314 g/mol. The van der Waals surface area contributed by atoms with Crippen molar-refractivity contribution in [3.8, 4) is 11.4 Å². The first-order valence-corrected chi connectivity index (χ1v) is 7.29. The highest BCUT2D eigenvalue weighted by Gasteiger charge is 2.31. The van der Waals surface area contributed by atoms with Crippen LogP contribution in [0.15, 0.2) is 28.8 Å². The number of carbonyl (C=O) groups is 3. The van der Waals surface area contributed by atoms with Gasteiger partial charge in [-0.05, 0) is 5.56 Å². The Bertz CT molecular complexity index is 783. The van der Waals surface area contributed by atoms with E-state index in [1.54, 1.807) is 6.92 Å². The van der Waals surface area contributed by atoms with E-state index in [9.17, 15) is 14.4 Å². The molecule has 1 aliphatic rings. The van der Waals surface area contributed by atoms with Gasteiger partial charge in [-0.25, -0.2) is 4.79 Å². The minimum Gasteiger partial charge on any atom is -0.352 e. The summed E-state index contributed by atoms with van der Waals surface area (Å²) in [5.74, 6) is 0.181. The van der Waals surface area contributed by atoms with E-state index >= 15 is 0 Å². The number of nitrogens with zero attached hydrogens (tertiary/aromatic N) is 2. The van der Waals surface area contributed by atoms with Gasteiger partial charge in [0, 0.05) is 19.0 Å². The molecule has 1 aliphatic heterocycles. The molecule has 2 aromatic rings. The summed E-state index contributed by atoms with van der Waals surface area (Å²) in [5, 5.41) is 11.0. The van der Waals surface area contributed by atoms with Crippen LogP contribution in [0, 0.1) is 6.92 Å². The number of urea groups is 1. The van der Waals surface area contributed by atoms with Gasteiger partial charge in [-0.1, -0.05) is 29.4 Å². The molecule has 24 heavy (non-hydrogen) atoms. The predicted octanol–water partition coefficient (Wildman–Crippen LogP) is 0.259. The third-order valence-corrected chi connectivity index (χ3v) is 3.48. The van der Waals surface area contributed by atoms with Gasteiger partial charge < -0.3 is 15.2 Å². The normalized spacial score (nSPS) is 16.6. The van der Waals surface area contributed by atoms with Crippen LogP contribution in [-0.2, 0) is 16.1 Å². The van der Waals surface area contributed by atoms with Gasteiger partial charge in [0.1, 0.15) is 6.04 Å². The highest BCUT2D eigenvalue weighted by Crippen LogP contribution is 2.16. The van der Waals surface area contributed by atoms with Crippen molar-refractivity contribution in [2.24, 2.45) is 0 Å². The molecule has 3 N–H and O–H groups in total. The Morgan fingerprint density at radius 2 is 2.04 bits per heavy atom. The number of rotatable bonds is 5. The largest absolute Gasteiger partial charge is 0.352 e. The highest BCUT2D eigenvalue weighted by atomic mass is 16.5. The summed E-state index contributed by atoms with van der Waals surface area (Å²) in [5.41, 5.74) is 1.69. The van der Waals surface area contributed by atoms with Crippen molar-refractivity contribution in [1.82, 2.24) is 26.1 Å². The maximum Gasteiger partial charge on any atom is 0.322 e. The molecule has 1 fully saturated rings. The highest BCUT2D eigenvalue weighted by molar-refractivity contribution is 6.05. The Morgan fingerprint density at radius 1 is 1.29 bits per heavy atom. The molecule has 1 atom stereocenters. The van der Waals surface area contributed by atoms with E-state index in [2.05, 4.69) is 26.1 Å². The summed E-state index contributed by atoms with van der Waals surface area (Å²) in [4.78, 5) is 38.3. The van der Waals surface area contributed by atoms with Gasteiger partial charge in [-0.15, -0.1) is 0 Å². The van der Waals surface area contributed by atoms with Gasteiger partial charge in [-0.2, -0.15) is 4.98 Å². The van der Waals surface area contributed by atoms with Crippen LogP contribution in [0.3, 0.4) is 0 Å². The first kappa shape index (κ1) is 15.7. The second kappa shape index (κ2) is 6.49. The summed E-state index contributed by atoms with van der Waals surface area (Å²) in [6.45, 7) is 2.03. The van der Waals surface area contributed by atoms with E-state index in [4.69, 9.17) is 4.52 Å². The van der Waals surface area contributed by atoms with Crippen LogP contribution < -0.4 is 16.0 Å². The van der Waals surface area contributed by atoms with Gasteiger partial charge in [0.25, 0.3) is 5.91 Å². The Morgan fingerprint density at radius 3 is 2.62 bits per heavy atom. The quantitative estimate of drug-likeness (QED) is 0.675. The Kier molecular flexibility index (Phi) is 4.23. The Labute approximate surface area is 136 Å². The number of aryl methyl sites for hydroxylation is 1. The molecular formula is C15H15N5O4. The SMILES string of the molecule is Cc1nc(-c2ccc(CNC(=O)C[C@@H]3NC(=O)NC3=O)cc2)no1. The fourth-order valence-electron chi connectivity index (χ4n) is 2.25. The van der Waals surface area contributed by atoms with E-state index in [0.29, 0.717) is 18.3 Å². The van der Waals surface area contributed by atoms with Crippen molar-refractivity contribution >= 4 is 17.8 Å². The van der Waals surface area contributed by atoms with Crippen LogP contribution >= 0.6 is 0 Å². The van der Waals surface area contributed by atoms with Crippen LogP contribution in [0.25, 0.3) is 11.4 Å². The second-order valence-corrected chi connectivity index (χ2v) is 5.33. The number of aromatic nitrogens is 2. The first-order valence-electron chi connectivity index (χ1n) is 7.29. The van der Waals surface area contributed by atoms with Crippen molar-refractivity contribution in [2.75, 3.05) is 0 Å². The van der Waals surface area contributed by atoms with Crippen molar-refractivity contribution in [2.45, 2.75) is 25.9 Å². The van der Waals surface area contributed by atoms with Crippen molar-refractivity contribution in [1.29, 1.82) is 0 Å². The van der Waals surface area contributed by atoms with Crippen LogP contribution in [0.2, 0.25) is 0 Å². The minimum absolute atomic E-state index is 0.0994. The third kappa shape index (κ3) is 3.57. The third-order valence-electron chi connectivity index (χ3n) is 3.48. The molecule has 1 saturated heterocycles. The van der Waals surface area contributed by atoms with Crippen LogP contribution in [0.5, 0.6) is 0 Å². The lowest BCUT2D eigenvalue weighted by atomic mass is 10.1. The van der Waals surface area contributed by atoms with E-state index in [1.807, 2.05) is 24.3 Å². The predicted molar refractivity (Wildman–Crippen MR) is 81.4 cm³/mol. The molecule has 0 saturated carbocycles. The molecule has 1 aromatic heterocycles. The lowest BCUT2D eigenvalue weighted by Gasteiger charge is -2.08. The van der Waals surface area contributed by atoms with E-state index < -0.39 is 18.0 Å². The fourth-order valence-corrected chi connectivity index (χ4v) is 2.25. The maximum atomic E-state index is 11.8. The smallest absolute Gasteiger partial charge is 0.322 e. The molecule has 3 rings (SSSR count). The number of hydrogen-bond donors (Lipinski definition) is 3. The zero-order chi connectivity index (χ0) is 17.1. The minimum atomic E-state index is -0.818. The maximum absolute atomic E-state index is 11.8. The number of benzene rings is 1. The molecule has 1 aromatic carbocycles. The summed E-state index contributed by atoms with van der Waals surface area (Å²) >= 11 is 0. The van der Waals surface area contributed by atoms with E-state index in [-0.39, 0.29) is 12.3 Å². The standard InChI is InChI=1S/C15H15N5O4/c1-8-17-13(20-24-8)10-4-2-9(3-5-10)7-16-12(21)6-11-14(22)19-15(23)18-11/h2-5,11H,6-7H2,1H3,(H,16,21)(H2,18,19,22,23)/t11-/m0/s1. The zero-order valence-corrected chi connectivity index (χ0v) is 12.8. The zero-order valence-electron chi connectivity index (χ0n) is 12.8. The average molecular weight is 329 g/mol.